The summed E-state index contributed by atoms with van der Waals surface area (Å²) in [6.07, 6.45) is 8.04. The van der Waals surface area contributed by atoms with Gasteiger partial charge in [0.05, 0.1) is 0 Å². The fourth-order valence-electron chi connectivity index (χ4n) is 3.93. The number of benzene rings is 1. The number of likely N-dealkylation sites (N-methyl/N-ethyl adjacent to an activating group) is 1. The van der Waals surface area contributed by atoms with Crippen LogP contribution in [0.3, 0.4) is 0 Å². The first-order chi connectivity index (χ1) is 10.3. The summed E-state index contributed by atoms with van der Waals surface area (Å²) in [5, 5.41) is 3.79. The highest BCUT2D eigenvalue weighted by Crippen LogP contribution is 2.38. The first kappa shape index (κ1) is 15.1. The minimum Gasteiger partial charge on any atom is -0.309 e. The Labute approximate surface area is 129 Å². The second-order valence-electron chi connectivity index (χ2n) is 6.66. The van der Waals surface area contributed by atoms with E-state index in [0.29, 0.717) is 12.1 Å². The molecular weight excluding hydrogens is 256 g/mol. The molecule has 0 aromatic heterocycles. The van der Waals surface area contributed by atoms with Crippen LogP contribution in [-0.4, -0.2) is 30.1 Å². The third kappa shape index (κ3) is 3.32. The standard InChI is InChI=1S/C19H30N2/c1-3-5-14-21(16-11-12-16)18-13-10-15-8-6-7-9-17(15)19(18)20-4-2/h6-9,16,18-20H,3-5,10-14H2,1-2H3. The summed E-state index contributed by atoms with van der Waals surface area (Å²) < 4.78 is 0. The van der Waals surface area contributed by atoms with Gasteiger partial charge in [0.15, 0.2) is 0 Å². The summed E-state index contributed by atoms with van der Waals surface area (Å²) in [5.41, 5.74) is 3.11. The van der Waals surface area contributed by atoms with E-state index in [2.05, 4.69) is 48.3 Å². The molecule has 1 fully saturated rings. The fraction of sp³-hybridized carbons (Fsp3) is 0.684. The van der Waals surface area contributed by atoms with Gasteiger partial charge in [-0.2, -0.15) is 0 Å². The molecule has 0 saturated heterocycles. The summed E-state index contributed by atoms with van der Waals surface area (Å²) in [5.74, 6) is 0. The predicted molar refractivity (Wildman–Crippen MR) is 89.6 cm³/mol. The van der Waals surface area contributed by atoms with Crippen molar-refractivity contribution in [3.63, 3.8) is 0 Å². The molecule has 2 aliphatic carbocycles. The normalized spacial score (nSPS) is 25.1. The largest absolute Gasteiger partial charge is 0.309 e. The Morgan fingerprint density at radius 2 is 1.95 bits per heavy atom. The Bertz CT molecular complexity index is 453. The van der Waals surface area contributed by atoms with Crippen LogP contribution in [0.2, 0.25) is 0 Å². The number of fused-ring (bicyclic) bond motifs is 1. The maximum absolute atomic E-state index is 3.79. The Balaban J connectivity index is 1.83. The average molecular weight is 286 g/mol. The van der Waals surface area contributed by atoms with Crippen LogP contribution >= 0.6 is 0 Å². The number of nitrogens with one attached hydrogen (secondary N) is 1. The Morgan fingerprint density at radius 3 is 2.67 bits per heavy atom. The van der Waals surface area contributed by atoms with E-state index < -0.39 is 0 Å². The van der Waals surface area contributed by atoms with Crippen LogP contribution in [0.1, 0.15) is 63.1 Å². The molecule has 21 heavy (non-hydrogen) atoms. The van der Waals surface area contributed by atoms with Crippen molar-refractivity contribution in [2.75, 3.05) is 13.1 Å². The zero-order valence-corrected chi connectivity index (χ0v) is 13.6. The van der Waals surface area contributed by atoms with E-state index in [1.165, 1.54) is 45.1 Å². The number of hydrogen-bond donors (Lipinski definition) is 1. The summed E-state index contributed by atoms with van der Waals surface area (Å²) in [6.45, 7) is 6.89. The summed E-state index contributed by atoms with van der Waals surface area (Å²) >= 11 is 0. The van der Waals surface area contributed by atoms with E-state index in [0.717, 1.165) is 12.6 Å². The quantitative estimate of drug-likeness (QED) is 0.817. The van der Waals surface area contributed by atoms with Crippen LogP contribution in [0.5, 0.6) is 0 Å². The maximum Gasteiger partial charge on any atom is 0.0481 e. The van der Waals surface area contributed by atoms with E-state index in [-0.39, 0.29) is 0 Å². The van der Waals surface area contributed by atoms with Crippen LogP contribution in [0, 0.1) is 0 Å². The molecule has 0 spiro atoms. The number of hydrogen-bond acceptors (Lipinski definition) is 2. The molecule has 1 aromatic carbocycles. The Kier molecular flexibility index (Phi) is 4.97. The van der Waals surface area contributed by atoms with Crippen molar-refractivity contribution in [1.82, 2.24) is 10.2 Å². The molecule has 2 atom stereocenters. The number of aryl methyl sites for hydroxylation is 1. The molecule has 2 aliphatic rings. The molecule has 0 amide bonds. The molecule has 3 rings (SSSR count). The van der Waals surface area contributed by atoms with Crippen molar-refractivity contribution in [2.24, 2.45) is 0 Å². The van der Waals surface area contributed by atoms with Crippen LogP contribution in [-0.2, 0) is 6.42 Å². The zero-order valence-electron chi connectivity index (χ0n) is 13.6. The molecule has 116 valence electrons. The van der Waals surface area contributed by atoms with E-state index in [1.807, 2.05) is 0 Å². The lowest BCUT2D eigenvalue weighted by atomic mass is 9.83. The molecule has 2 unspecified atom stereocenters. The first-order valence-corrected chi connectivity index (χ1v) is 8.92. The van der Waals surface area contributed by atoms with Gasteiger partial charge >= 0.3 is 0 Å². The number of nitrogens with zero attached hydrogens (tertiary/aromatic N) is 1. The van der Waals surface area contributed by atoms with Crippen LogP contribution in [0.25, 0.3) is 0 Å². The highest BCUT2D eigenvalue weighted by Gasteiger charge is 2.39. The third-order valence-electron chi connectivity index (χ3n) is 5.12. The first-order valence-electron chi connectivity index (χ1n) is 8.92. The molecule has 0 radical (unpaired) electrons. The molecule has 1 saturated carbocycles. The van der Waals surface area contributed by atoms with Gasteiger partial charge in [0.25, 0.3) is 0 Å². The van der Waals surface area contributed by atoms with Crippen molar-refractivity contribution in [2.45, 2.75) is 70.5 Å². The van der Waals surface area contributed by atoms with Gasteiger partial charge in [-0.05, 0) is 56.3 Å². The molecule has 0 bridgehead atoms. The van der Waals surface area contributed by atoms with Gasteiger partial charge in [0.2, 0.25) is 0 Å². The van der Waals surface area contributed by atoms with Crippen molar-refractivity contribution in [1.29, 1.82) is 0 Å². The van der Waals surface area contributed by atoms with Crippen molar-refractivity contribution in [3.8, 4) is 0 Å². The second-order valence-corrected chi connectivity index (χ2v) is 6.66. The van der Waals surface area contributed by atoms with Crippen LogP contribution < -0.4 is 5.32 Å². The number of unbranched alkanes of at least 4 members (excludes halogenated alkanes) is 1. The Morgan fingerprint density at radius 1 is 1.14 bits per heavy atom. The molecule has 0 aliphatic heterocycles. The lowest BCUT2D eigenvalue weighted by molar-refractivity contribution is 0.130. The van der Waals surface area contributed by atoms with Crippen LogP contribution in [0.15, 0.2) is 24.3 Å². The van der Waals surface area contributed by atoms with Crippen LogP contribution in [0.4, 0.5) is 0 Å². The zero-order chi connectivity index (χ0) is 14.7. The summed E-state index contributed by atoms with van der Waals surface area (Å²) in [4.78, 5) is 2.84. The molecular formula is C19H30N2. The molecule has 1 aromatic rings. The minimum atomic E-state index is 0.525. The van der Waals surface area contributed by atoms with Gasteiger partial charge in [-0.3, -0.25) is 4.90 Å². The third-order valence-corrected chi connectivity index (χ3v) is 5.12. The maximum atomic E-state index is 3.79. The predicted octanol–water partition coefficient (Wildman–Crippen LogP) is 3.92. The monoisotopic (exact) mass is 286 g/mol. The SMILES string of the molecule is CCCCN(C1CC1)C1CCc2ccccc2C1NCC. The minimum absolute atomic E-state index is 0.525. The van der Waals surface area contributed by atoms with Crippen molar-refractivity contribution < 1.29 is 0 Å². The van der Waals surface area contributed by atoms with Gasteiger partial charge in [-0.15, -0.1) is 0 Å². The van der Waals surface area contributed by atoms with Crippen molar-refractivity contribution >= 4 is 0 Å². The number of rotatable bonds is 7. The molecule has 2 nitrogen and oxygen atoms in total. The van der Waals surface area contributed by atoms with Gasteiger partial charge in [0, 0.05) is 18.1 Å². The second kappa shape index (κ2) is 6.93. The van der Waals surface area contributed by atoms with Gasteiger partial charge in [0.1, 0.15) is 0 Å². The summed E-state index contributed by atoms with van der Waals surface area (Å²) in [6, 6.07) is 11.2. The average Bonchev–Trinajstić information content (AvgIpc) is 3.34. The molecule has 0 heterocycles. The highest BCUT2D eigenvalue weighted by atomic mass is 15.2. The van der Waals surface area contributed by atoms with Gasteiger partial charge in [-0.25, -0.2) is 0 Å². The van der Waals surface area contributed by atoms with Crippen molar-refractivity contribution in [3.05, 3.63) is 35.4 Å². The van der Waals surface area contributed by atoms with E-state index in [9.17, 15) is 0 Å². The topological polar surface area (TPSA) is 15.3 Å². The van der Waals surface area contributed by atoms with E-state index in [1.54, 1.807) is 11.1 Å². The molecule has 2 heteroatoms. The lowest BCUT2D eigenvalue weighted by Crippen LogP contribution is -2.48. The Hall–Kier alpha value is -0.860. The lowest BCUT2D eigenvalue weighted by Gasteiger charge is -2.42. The highest BCUT2D eigenvalue weighted by molar-refractivity contribution is 5.34. The van der Waals surface area contributed by atoms with Gasteiger partial charge < -0.3 is 5.32 Å². The fourth-order valence-corrected chi connectivity index (χ4v) is 3.93. The van der Waals surface area contributed by atoms with E-state index >= 15 is 0 Å². The summed E-state index contributed by atoms with van der Waals surface area (Å²) in [7, 11) is 0. The van der Waals surface area contributed by atoms with E-state index in [4.69, 9.17) is 0 Å². The molecule has 1 N–H and O–H groups in total. The smallest absolute Gasteiger partial charge is 0.0481 e. The van der Waals surface area contributed by atoms with Gasteiger partial charge in [-0.1, -0.05) is 44.5 Å².